The van der Waals surface area contributed by atoms with Gasteiger partial charge < -0.3 is 10.1 Å². The van der Waals surface area contributed by atoms with Crippen molar-refractivity contribution in [1.29, 1.82) is 0 Å². The van der Waals surface area contributed by atoms with E-state index in [0.717, 1.165) is 38.1 Å². The zero-order chi connectivity index (χ0) is 14.0. The summed E-state index contributed by atoms with van der Waals surface area (Å²) in [5.74, 6) is 1.38. The van der Waals surface area contributed by atoms with Crippen LogP contribution in [0.2, 0.25) is 0 Å². The Bertz CT molecular complexity index is 454. The van der Waals surface area contributed by atoms with Crippen LogP contribution in [0.25, 0.3) is 0 Å². The largest absolute Gasteiger partial charge is 0.493 e. The van der Waals surface area contributed by atoms with Crippen LogP contribution < -0.4 is 10.1 Å². The molecule has 3 rings (SSSR count). The molecule has 110 valence electrons. The number of para-hydroxylation sites is 1. The van der Waals surface area contributed by atoms with Crippen molar-refractivity contribution in [3.63, 3.8) is 0 Å². The van der Waals surface area contributed by atoms with Crippen molar-refractivity contribution >= 4 is 0 Å². The number of hydrogen-bond acceptors (Lipinski definition) is 2. The predicted molar refractivity (Wildman–Crippen MR) is 79.0 cm³/mol. The smallest absolute Gasteiger partial charge is 0.122 e. The van der Waals surface area contributed by atoms with Gasteiger partial charge in [-0.3, -0.25) is 0 Å². The van der Waals surface area contributed by atoms with Gasteiger partial charge in [-0.05, 0) is 56.7 Å². The maximum atomic E-state index is 15.2. The van der Waals surface area contributed by atoms with Crippen LogP contribution in [0.3, 0.4) is 0 Å². The zero-order valence-electron chi connectivity index (χ0n) is 12.2. The molecular formula is C17H24FNO. The summed E-state index contributed by atoms with van der Waals surface area (Å²) in [7, 11) is 0. The molecule has 1 aromatic rings. The van der Waals surface area contributed by atoms with E-state index < -0.39 is 5.67 Å². The fourth-order valence-corrected chi connectivity index (χ4v) is 3.64. The number of rotatable bonds is 3. The minimum Gasteiger partial charge on any atom is -0.493 e. The Balaban J connectivity index is 1.74. The fourth-order valence-electron chi connectivity index (χ4n) is 3.64. The zero-order valence-corrected chi connectivity index (χ0v) is 12.2. The van der Waals surface area contributed by atoms with E-state index in [-0.39, 0.29) is 11.8 Å². The molecule has 2 nitrogen and oxygen atoms in total. The van der Waals surface area contributed by atoms with Crippen LogP contribution in [0, 0.1) is 5.92 Å². The number of hydrogen-bond donors (Lipinski definition) is 1. The minimum absolute atomic E-state index is 0.145. The second-order valence-electron chi connectivity index (χ2n) is 6.40. The first kappa shape index (κ1) is 13.9. The number of alkyl halides is 1. The van der Waals surface area contributed by atoms with E-state index in [4.69, 9.17) is 4.74 Å². The molecule has 2 aliphatic heterocycles. The molecule has 2 heterocycles. The van der Waals surface area contributed by atoms with Crippen LogP contribution >= 0.6 is 0 Å². The first-order chi connectivity index (χ1) is 9.67. The lowest BCUT2D eigenvalue weighted by Crippen LogP contribution is -2.42. The normalized spacial score (nSPS) is 29.1. The number of nitrogens with one attached hydrogen (secondary N) is 1. The lowest BCUT2D eigenvalue weighted by molar-refractivity contribution is 0.0604. The molecule has 0 radical (unpaired) electrons. The topological polar surface area (TPSA) is 21.3 Å². The molecule has 0 aromatic heterocycles. The molecular weight excluding hydrogens is 253 g/mol. The minimum atomic E-state index is -1.09. The van der Waals surface area contributed by atoms with Gasteiger partial charge in [-0.25, -0.2) is 4.39 Å². The Hall–Kier alpha value is -1.09. The van der Waals surface area contributed by atoms with Gasteiger partial charge in [-0.2, -0.15) is 0 Å². The van der Waals surface area contributed by atoms with Crippen LogP contribution in [0.15, 0.2) is 24.3 Å². The van der Waals surface area contributed by atoms with Crippen LogP contribution in [0.4, 0.5) is 4.39 Å². The van der Waals surface area contributed by atoms with Crippen molar-refractivity contribution in [2.45, 2.75) is 44.2 Å². The van der Waals surface area contributed by atoms with Crippen molar-refractivity contribution in [1.82, 2.24) is 5.32 Å². The molecule has 20 heavy (non-hydrogen) atoms. The Morgan fingerprint density at radius 3 is 3.00 bits per heavy atom. The van der Waals surface area contributed by atoms with Gasteiger partial charge in [0.2, 0.25) is 0 Å². The summed E-state index contributed by atoms with van der Waals surface area (Å²) in [6, 6.07) is 8.10. The molecule has 3 unspecified atom stereocenters. The van der Waals surface area contributed by atoms with Crippen molar-refractivity contribution in [2.24, 2.45) is 5.92 Å². The van der Waals surface area contributed by atoms with Crippen molar-refractivity contribution < 1.29 is 9.13 Å². The third kappa shape index (κ3) is 2.83. The molecule has 0 aliphatic carbocycles. The number of halogens is 1. The van der Waals surface area contributed by atoms with Crippen molar-refractivity contribution in [3.05, 3.63) is 29.8 Å². The summed E-state index contributed by atoms with van der Waals surface area (Å²) in [5.41, 5.74) is 0.0918. The van der Waals surface area contributed by atoms with Crippen LogP contribution in [-0.4, -0.2) is 25.4 Å². The third-order valence-corrected chi connectivity index (χ3v) is 4.88. The number of fused-ring (bicyclic) bond motifs is 1. The van der Waals surface area contributed by atoms with E-state index in [1.165, 1.54) is 5.56 Å². The second kappa shape index (κ2) is 5.72. The van der Waals surface area contributed by atoms with Crippen LogP contribution in [0.5, 0.6) is 5.75 Å². The van der Waals surface area contributed by atoms with E-state index in [9.17, 15) is 0 Å². The SMILES string of the molecule is CC(F)(CC1CCOc2ccccc21)C1CCCNC1. The Morgan fingerprint density at radius 2 is 2.20 bits per heavy atom. The molecule has 1 N–H and O–H groups in total. The average Bonchev–Trinajstić information content (AvgIpc) is 2.48. The maximum Gasteiger partial charge on any atom is 0.122 e. The van der Waals surface area contributed by atoms with Gasteiger partial charge in [0.15, 0.2) is 0 Å². The van der Waals surface area contributed by atoms with Crippen LogP contribution in [-0.2, 0) is 0 Å². The number of piperidine rings is 1. The van der Waals surface area contributed by atoms with Crippen molar-refractivity contribution in [2.75, 3.05) is 19.7 Å². The first-order valence-electron chi connectivity index (χ1n) is 7.78. The number of ether oxygens (including phenoxy) is 1. The molecule has 0 saturated carbocycles. The molecule has 1 fully saturated rings. The van der Waals surface area contributed by atoms with Gasteiger partial charge in [0.05, 0.1) is 6.61 Å². The quantitative estimate of drug-likeness (QED) is 0.910. The molecule has 0 amide bonds. The summed E-state index contributed by atoms with van der Waals surface area (Å²) >= 11 is 0. The monoisotopic (exact) mass is 277 g/mol. The summed E-state index contributed by atoms with van der Waals surface area (Å²) in [4.78, 5) is 0. The molecule has 0 spiro atoms. The molecule has 3 atom stereocenters. The molecule has 1 saturated heterocycles. The highest BCUT2D eigenvalue weighted by atomic mass is 19.1. The van der Waals surface area contributed by atoms with E-state index in [1.807, 2.05) is 18.2 Å². The van der Waals surface area contributed by atoms with E-state index in [2.05, 4.69) is 11.4 Å². The molecule has 2 aliphatic rings. The standard InChI is InChI=1S/C17H24FNO/c1-17(18,14-5-4-9-19-12-14)11-13-8-10-20-16-7-3-2-6-15(13)16/h2-3,6-7,13-14,19H,4-5,8-12H2,1H3. The number of benzene rings is 1. The van der Waals surface area contributed by atoms with Gasteiger partial charge in [-0.15, -0.1) is 0 Å². The van der Waals surface area contributed by atoms with E-state index >= 15 is 4.39 Å². The van der Waals surface area contributed by atoms with Crippen molar-refractivity contribution in [3.8, 4) is 5.75 Å². The summed E-state index contributed by atoms with van der Waals surface area (Å²) < 4.78 is 20.9. The maximum absolute atomic E-state index is 15.2. The van der Waals surface area contributed by atoms with Gasteiger partial charge in [-0.1, -0.05) is 18.2 Å². The predicted octanol–water partition coefficient (Wildman–Crippen LogP) is 3.67. The van der Waals surface area contributed by atoms with E-state index in [0.29, 0.717) is 13.0 Å². The van der Waals surface area contributed by atoms with Gasteiger partial charge >= 0.3 is 0 Å². The highest BCUT2D eigenvalue weighted by Crippen LogP contribution is 2.42. The highest BCUT2D eigenvalue weighted by molar-refractivity contribution is 5.38. The van der Waals surface area contributed by atoms with Crippen LogP contribution in [0.1, 0.15) is 44.1 Å². The van der Waals surface area contributed by atoms with Gasteiger partial charge in [0.1, 0.15) is 11.4 Å². The highest BCUT2D eigenvalue weighted by Gasteiger charge is 2.38. The fraction of sp³-hybridized carbons (Fsp3) is 0.647. The average molecular weight is 277 g/mol. The Labute approximate surface area is 120 Å². The second-order valence-corrected chi connectivity index (χ2v) is 6.40. The lowest BCUT2D eigenvalue weighted by atomic mass is 9.76. The third-order valence-electron chi connectivity index (χ3n) is 4.88. The Morgan fingerprint density at radius 1 is 1.35 bits per heavy atom. The Kier molecular flexibility index (Phi) is 3.97. The molecule has 1 aromatic carbocycles. The summed E-state index contributed by atoms with van der Waals surface area (Å²) in [6.07, 6.45) is 3.63. The summed E-state index contributed by atoms with van der Waals surface area (Å²) in [5, 5.41) is 3.33. The first-order valence-corrected chi connectivity index (χ1v) is 7.78. The summed E-state index contributed by atoms with van der Waals surface area (Å²) in [6.45, 7) is 4.36. The lowest BCUT2D eigenvalue weighted by Gasteiger charge is -2.37. The van der Waals surface area contributed by atoms with Gasteiger partial charge in [0, 0.05) is 12.5 Å². The molecule has 0 bridgehead atoms. The van der Waals surface area contributed by atoms with Gasteiger partial charge in [0.25, 0.3) is 0 Å². The molecule has 3 heteroatoms. The van der Waals surface area contributed by atoms with E-state index in [1.54, 1.807) is 6.92 Å².